The molecule has 2 atom stereocenters. The molecule has 0 bridgehead atoms. The van der Waals surface area contributed by atoms with Crippen molar-refractivity contribution < 1.29 is 14.4 Å². The number of likely N-dealkylation sites (tertiary alicyclic amines) is 1. The third-order valence-electron chi connectivity index (χ3n) is 4.32. The Kier molecular flexibility index (Phi) is 6.94. The standard InChI is InChI=1S/C18H26N4O3/c1-13(23)22-11-5-8-16(22)18(25)21-15(17(24)20-10-9-19)12-14-6-3-2-4-7-14/h2-4,6-7,15-16H,5,8-12,19H2,1H3,(H,20,24)(H,21,25). The number of nitrogens with two attached hydrogens (primary N) is 1. The molecule has 1 aromatic carbocycles. The Morgan fingerprint density at radius 3 is 2.64 bits per heavy atom. The summed E-state index contributed by atoms with van der Waals surface area (Å²) >= 11 is 0. The van der Waals surface area contributed by atoms with E-state index in [-0.39, 0.29) is 17.7 Å². The lowest BCUT2D eigenvalue weighted by Crippen LogP contribution is -2.54. The monoisotopic (exact) mass is 346 g/mol. The molecule has 7 heteroatoms. The zero-order valence-corrected chi connectivity index (χ0v) is 14.5. The number of nitrogens with one attached hydrogen (secondary N) is 2. The van der Waals surface area contributed by atoms with Crippen molar-refractivity contribution >= 4 is 17.7 Å². The second-order valence-corrected chi connectivity index (χ2v) is 6.20. The van der Waals surface area contributed by atoms with Crippen LogP contribution in [0, 0.1) is 0 Å². The van der Waals surface area contributed by atoms with Gasteiger partial charge in [0.05, 0.1) is 0 Å². The van der Waals surface area contributed by atoms with Crippen LogP contribution < -0.4 is 16.4 Å². The van der Waals surface area contributed by atoms with Crippen LogP contribution in [0.25, 0.3) is 0 Å². The van der Waals surface area contributed by atoms with E-state index in [0.29, 0.717) is 32.5 Å². The summed E-state index contributed by atoms with van der Waals surface area (Å²) in [5.74, 6) is -0.670. The number of hydrogen-bond acceptors (Lipinski definition) is 4. The summed E-state index contributed by atoms with van der Waals surface area (Å²) in [6, 6.07) is 8.30. The van der Waals surface area contributed by atoms with Crippen molar-refractivity contribution in [1.29, 1.82) is 0 Å². The molecule has 0 saturated carbocycles. The minimum atomic E-state index is -0.698. The van der Waals surface area contributed by atoms with Gasteiger partial charge in [-0.25, -0.2) is 0 Å². The van der Waals surface area contributed by atoms with Gasteiger partial charge >= 0.3 is 0 Å². The molecule has 2 rings (SSSR count). The largest absolute Gasteiger partial charge is 0.353 e. The Bertz CT molecular complexity index is 606. The average Bonchev–Trinajstić information content (AvgIpc) is 3.10. The first kappa shape index (κ1) is 18.9. The summed E-state index contributed by atoms with van der Waals surface area (Å²) in [5.41, 5.74) is 6.39. The first-order valence-electron chi connectivity index (χ1n) is 8.62. The summed E-state index contributed by atoms with van der Waals surface area (Å²) in [4.78, 5) is 38.3. The predicted octanol–water partition coefficient (Wildman–Crippen LogP) is -0.200. The molecule has 1 fully saturated rings. The molecule has 1 saturated heterocycles. The van der Waals surface area contributed by atoms with Gasteiger partial charge in [-0.1, -0.05) is 30.3 Å². The van der Waals surface area contributed by atoms with Crippen LogP contribution in [0.1, 0.15) is 25.3 Å². The summed E-state index contributed by atoms with van der Waals surface area (Å²) in [7, 11) is 0. The van der Waals surface area contributed by atoms with Gasteiger partial charge in [-0.2, -0.15) is 0 Å². The molecule has 136 valence electrons. The number of benzene rings is 1. The SMILES string of the molecule is CC(=O)N1CCCC1C(=O)NC(Cc1ccccc1)C(=O)NCCN. The number of amides is 3. The highest BCUT2D eigenvalue weighted by Gasteiger charge is 2.34. The summed E-state index contributed by atoms with van der Waals surface area (Å²) in [6.07, 6.45) is 1.80. The van der Waals surface area contributed by atoms with Crippen LogP contribution in [0.4, 0.5) is 0 Å². The second kappa shape index (κ2) is 9.17. The molecule has 3 amide bonds. The van der Waals surface area contributed by atoms with E-state index < -0.39 is 12.1 Å². The highest BCUT2D eigenvalue weighted by Crippen LogP contribution is 2.17. The number of carbonyl (C=O) groups excluding carboxylic acids is 3. The van der Waals surface area contributed by atoms with E-state index in [9.17, 15) is 14.4 Å². The molecular formula is C18H26N4O3. The fourth-order valence-corrected chi connectivity index (χ4v) is 3.06. The maximum absolute atomic E-state index is 12.6. The topological polar surface area (TPSA) is 105 Å². The van der Waals surface area contributed by atoms with Crippen molar-refractivity contribution in [3.63, 3.8) is 0 Å². The Morgan fingerprint density at radius 1 is 1.28 bits per heavy atom. The lowest BCUT2D eigenvalue weighted by atomic mass is 10.0. The smallest absolute Gasteiger partial charge is 0.243 e. The normalized spacial score (nSPS) is 17.8. The van der Waals surface area contributed by atoms with Gasteiger partial charge in [-0.15, -0.1) is 0 Å². The summed E-state index contributed by atoms with van der Waals surface area (Å²) in [6.45, 7) is 2.72. The number of hydrogen-bond donors (Lipinski definition) is 3. The molecule has 0 aromatic heterocycles. The molecule has 2 unspecified atom stereocenters. The molecule has 7 nitrogen and oxygen atoms in total. The van der Waals surface area contributed by atoms with E-state index in [0.717, 1.165) is 12.0 Å². The highest BCUT2D eigenvalue weighted by molar-refractivity contribution is 5.92. The van der Waals surface area contributed by atoms with Crippen LogP contribution in [-0.4, -0.2) is 54.3 Å². The predicted molar refractivity (Wildman–Crippen MR) is 94.5 cm³/mol. The lowest BCUT2D eigenvalue weighted by molar-refractivity contribution is -0.138. The Hall–Kier alpha value is -2.41. The first-order chi connectivity index (χ1) is 12.0. The van der Waals surface area contributed by atoms with Crippen LogP contribution in [0.2, 0.25) is 0 Å². The Balaban J connectivity index is 2.07. The molecule has 1 aromatic rings. The van der Waals surface area contributed by atoms with E-state index in [1.165, 1.54) is 6.92 Å². The molecule has 4 N–H and O–H groups in total. The van der Waals surface area contributed by atoms with Crippen molar-refractivity contribution in [3.05, 3.63) is 35.9 Å². The van der Waals surface area contributed by atoms with Gasteiger partial charge in [0.25, 0.3) is 0 Å². The number of carbonyl (C=O) groups is 3. The van der Waals surface area contributed by atoms with Gasteiger partial charge in [0, 0.05) is 33.0 Å². The highest BCUT2D eigenvalue weighted by atomic mass is 16.2. The van der Waals surface area contributed by atoms with E-state index in [4.69, 9.17) is 5.73 Å². The quantitative estimate of drug-likeness (QED) is 0.636. The lowest BCUT2D eigenvalue weighted by Gasteiger charge is -2.25. The van der Waals surface area contributed by atoms with Gasteiger partial charge < -0.3 is 21.3 Å². The van der Waals surface area contributed by atoms with Gasteiger partial charge in [-0.05, 0) is 18.4 Å². The van der Waals surface area contributed by atoms with Gasteiger partial charge in [0.1, 0.15) is 12.1 Å². The van der Waals surface area contributed by atoms with E-state index in [1.54, 1.807) is 4.90 Å². The van der Waals surface area contributed by atoms with E-state index in [2.05, 4.69) is 10.6 Å². The molecule has 0 aliphatic carbocycles. The average molecular weight is 346 g/mol. The van der Waals surface area contributed by atoms with E-state index >= 15 is 0 Å². The maximum atomic E-state index is 12.6. The summed E-state index contributed by atoms with van der Waals surface area (Å²) in [5, 5.41) is 5.54. The van der Waals surface area contributed by atoms with Crippen molar-refractivity contribution in [2.24, 2.45) is 5.73 Å². The number of nitrogens with zero attached hydrogens (tertiary/aromatic N) is 1. The van der Waals surface area contributed by atoms with Crippen molar-refractivity contribution in [3.8, 4) is 0 Å². The fraction of sp³-hybridized carbons (Fsp3) is 0.500. The first-order valence-corrected chi connectivity index (χ1v) is 8.62. The van der Waals surface area contributed by atoms with Gasteiger partial charge in [-0.3, -0.25) is 14.4 Å². The zero-order chi connectivity index (χ0) is 18.2. The molecule has 25 heavy (non-hydrogen) atoms. The number of rotatable bonds is 7. The third kappa shape index (κ3) is 5.29. The van der Waals surface area contributed by atoms with Crippen LogP contribution in [0.5, 0.6) is 0 Å². The second-order valence-electron chi connectivity index (χ2n) is 6.20. The van der Waals surface area contributed by atoms with Crippen molar-refractivity contribution in [2.45, 2.75) is 38.3 Å². The van der Waals surface area contributed by atoms with Crippen LogP contribution in [-0.2, 0) is 20.8 Å². The minimum absolute atomic E-state index is 0.121. The van der Waals surface area contributed by atoms with Gasteiger partial charge in [0.2, 0.25) is 17.7 Å². The zero-order valence-electron chi connectivity index (χ0n) is 14.5. The van der Waals surface area contributed by atoms with Crippen molar-refractivity contribution in [1.82, 2.24) is 15.5 Å². The molecule has 1 aliphatic heterocycles. The van der Waals surface area contributed by atoms with E-state index in [1.807, 2.05) is 30.3 Å². The van der Waals surface area contributed by atoms with Crippen LogP contribution in [0.3, 0.4) is 0 Å². The van der Waals surface area contributed by atoms with Crippen molar-refractivity contribution in [2.75, 3.05) is 19.6 Å². The van der Waals surface area contributed by atoms with Crippen LogP contribution in [0.15, 0.2) is 30.3 Å². The molecule has 1 heterocycles. The van der Waals surface area contributed by atoms with Crippen LogP contribution >= 0.6 is 0 Å². The Morgan fingerprint density at radius 2 is 2.00 bits per heavy atom. The third-order valence-corrected chi connectivity index (χ3v) is 4.32. The molecule has 0 radical (unpaired) electrons. The Labute approximate surface area is 147 Å². The molecule has 1 aliphatic rings. The maximum Gasteiger partial charge on any atom is 0.243 e. The van der Waals surface area contributed by atoms with Gasteiger partial charge in [0.15, 0.2) is 0 Å². The summed E-state index contributed by atoms with van der Waals surface area (Å²) < 4.78 is 0. The molecular weight excluding hydrogens is 320 g/mol. The fourth-order valence-electron chi connectivity index (χ4n) is 3.06. The molecule has 0 spiro atoms. The minimum Gasteiger partial charge on any atom is -0.353 e.